The van der Waals surface area contributed by atoms with Gasteiger partial charge in [-0.25, -0.2) is 0 Å². The molecular weight excluding hydrogens is 384 g/mol. The van der Waals surface area contributed by atoms with Gasteiger partial charge in [-0.3, -0.25) is 0 Å². The first kappa shape index (κ1) is 21.0. The molecule has 1 aliphatic heterocycles. The lowest BCUT2D eigenvalue weighted by molar-refractivity contribution is -0.231. The quantitative estimate of drug-likeness (QED) is 0.582. The van der Waals surface area contributed by atoms with Crippen LogP contribution < -0.4 is 4.74 Å². The highest BCUT2D eigenvalue weighted by Gasteiger charge is 2.43. The molecule has 0 aliphatic carbocycles. The molecular formula is C21H25ClO6. The molecule has 1 heterocycles. The van der Waals surface area contributed by atoms with Crippen molar-refractivity contribution < 1.29 is 29.9 Å². The lowest BCUT2D eigenvalue weighted by Gasteiger charge is -2.40. The Bertz CT molecular complexity index is 779. The number of aliphatic hydroxyl groups is 4. The van der Waals surface area contributed by atoms with E-state index in [2.05, 4.69) is 0 Å². The Kier molecular flexibility index (Phi) is 6.93. The predicted octanol–water partition coefficient (Wildman–Crippen LogP) is 1.84. The van der Waals surface area contributed by atoms with Crippen molar-refractivity contribution >= 4 is 11.6 Å². The second-order valence-corrected chi connectivity index (χ2v) is 7.26. The second-order valence-electron chi connectivity index (χ2n) is 6.85. The summed E-state index contributed by atoms with van der Waals surface area (Å²) in [6.45, 7) is 2.08. The van der Waals surface area contributed by atoms with E-state index in [-0.39, 0.29) is 0 Å². The standard InChI is InChI=1S/C21H25ClO6/c1-2-27-15-7-3-12(4-8-15)9-13-5-6-14(10-16(13)22)21-20(26)19(25)18(24)17(11-23)28-21/h3-8,10,17-21,23-26H,2,9,11H2,1H3/t17-,18-,19+,20-,21+/m1/s1. The number of ether oxygens (including phenoxy) is 2. The van der Waals surface area contributed by atoms with Gasteiger partial charge in [0.05, 0.1) is 13.2 Å². The van der Waals surface area contributed by atoms with Crippen molar-refractivity contribution in [2.24, 2.45) is 0 Å². The van der Waals surface area contributed by atoms with Gasteiger partial charge in [0.25, 0.3) is 0 Å². The molecule has 5 atom stereocenters. The first-order valence-electron chi connectivity index (χ1n) is 9.25. The minimum absolute atomic E-state index is 0.467. The van der Waals surface area contributed by atoms with Gasteiger partial charge in [-0.2, -0.15) is 0 Å². The molecule has 4 N–H and O–H groups in total. The first-order valence-corrected chi connectivity index (χ1v) is 9.63. The van der Waals surface area contributed by atoms with E-state index in [0.29, 0.717) is 23.6 Å². The number of rotatable bonds is 6. The number of halogens is 1. The molecule has 0 aromatic heterocycles. The minimum Gasteiger partial charge on any atom is -0.494 e. The SMILES string of the molecule is CCOc1ccc(Cc2ccc([C@@H]3O[C@H](CO)[C@@H](O)[C@H](O)[C@H]3O)cc2Cl)cc1. The van der Waals surface area contributed by atoms with Gasteiger partial charge in [0.1, 0.15) is 36.3 Å². The molecule has 0 amide bonds. The Balaban J connectivity index is 1.76. The summed E-state index contributed by atoms with van der Waals surface area (Å²) in [6.07, 6.45) is -5.35. The summed E-state index contributed by atoms with van der Waals surface area (Å²) in [4.78, 5) is 0. The highest BCUT2D eigenvalue weighted by molar-refractivity contribution is 6.31. The average Bonchev–Trinajstić information content (AvgIpc) is 2.70. The fourth-order valence-electron chi connectivity index (χ4n) is 3.35. The molecule has 0 spiro atoms. The van der Waals surface area contributed by atoms with Crippen molar-refractivity contribution in [3.8, 4) is 5.75 Å². The Morgan fingerprint density at radius 1 is 1.00 bits per heavy atom. The van der Waals surface area contributed by atoms with E-state index in [9.17, 15) is 20.4 Å². The van der Waals surface area contributed by atoms with Gasteiger partial charge in [0.2, 0.25) is 0 Å². The predicted molar refractivity (Wildman–Crippen MR) is 105 cm³/mol. The molecule has 2 aromatic carbocycles. The molecule has 1 aliphatic rings. The van der Waals surface area contributed by atoms with Crippen molar-refractivity contribution in [3.05, 3.63) is 64.2 Å². The normalized spacial score (nSPS) is 27.6. The van der Waals surface area contributed by atoms with Crippen LogP contribution in [0.15, 0.2) is 42.5 Å². The summed E-state index contributed by atoms with van der Waals surface area (Å²) in [5.74, 6) is 0.815. The van der Waals surface area contributed by atoms with E-state index in [1.807, 2.05) is 37.3 Å². The zero-order valence-electron chi connectivity index (χ0n) is 15.5. The molecule has 2 aromatic rings. The Morgan fingerprint density at radius 2 is 1.71 bits per heavy atom. The smallest absolute Gasteiger partial charge is 0.119 e. The van der Waals surface area contributed by atoms with E-state index >= 15 is 0 Å². The number of aliphatic hydroxyl groups excluding tert-OH is 4. The van der Waals surface area contributed by atoms with Crippen molar-refractivity contribution in [1.29, 1.82) is 0 Å². The molecule has 6 nitrogen and oxygen atoms in total. The van der Waals surface area contributed by atoms with Crippen LogP contribution in [0.4, 0.5) is 0 Å². The average molecular weight is 409 g/mol. The zero-order chi connectivity index (χ0) is 20.3. The molecule has 1 saturated heterocycles. The van der Waals surface area contributed by atoms with Crippen molar-refractivity contribution in [1.82, 2.24) is 0 Å². The highest BCUT2D eigenvalue weighted by atomic mass is 35.5. The first-order chi connectivity index (χ1) is 13.4. The van der Waals surface area contributed by atoms with Gasteiger partial charge in [-0.1, -0.05) is 35.9 Å². The largest absolute Gasteiger partial charge is 0.494 e. The maximum Gasteiger partial charge on any atom is 0.119 e. The maximum atomic E-state index is 10.3. The number of hydrogen-bond donors (Lipinski definition) is 4. The lowest BCUT2D eigenvalue weighted by atomic mass is 9.90. The van der Waals surface area contributed by atoms with Gasteiger partial charge in [-0.05, 0) is 48.2 Å². The summed E-state index contributed by atoms with van der Waals surface area (Å²) in [5.41, 5.74) is 2.54. The van der Waals surface area contributed by atoms with E-state index in [4.69, 9.17) is 21.1 Å². The van der Waals surface area contributed by atoms with Crippen molar-refractivity contribution in [3.63, 3.8) is 0 Å². The number of benzene rings is 2. The van der Waals surface area contributed by atoms with E-state index in [0.717, 1.165) is 16.9 Å². The van der Waals surface area contributed by atoms with Crippen LogP contribution in [0.5, 0.6) is 5.75 Å². The molecule has 28 heavy (non-hydrogen) atoms. The van der Waals surface area contributed by atoms with Crippen LogP contribution in [0.25, 0.3) is 0 Å². The van der Waals surface area contributed by atoms with Crippen LogP contribution in [0, 0.1) is 0 Å². The van der Waals surface area contributed by atoms with Gasteiger partial charge in [0, 0.05) is 5.02 Å². The lowest BCUT2D eigenvalue weighted by Crippen LogP contribution is -2.55. The van der Waals surface area contributed by atoms with Gasteiger partial charge in [-0.15, -0.1) is 0 Å². The molecule has 152 valence electrons. The van der Waals surface area contributed by atoms with Crippen LogP contribution in [0.2, 0.25) is 5.02 Å². The van der Waals surface area contributed by atoms with Crippen molar-refractivity contribution in [2.45, 2.75) is 43.9 Å². The summed E-state index contributed by atoms with van der Waals surface area (Å²) >= 11 is 6.44. The Labute approximate surface area is 168 Å². The molecule has 0 saturated carbocycles. The third kappa shape index (κ3) is 4.49. The fraction of sp³-hybridized carbons (Fsp3) is 0.429. The minimum atomic E-state index is -1.42. The fourth-order valence-corrected chi connectivity index (χ4v) is 3.61. The molecule has 0 unspecified atom stereocenters. The maximum absolute atomic E-state index is 10.3. The van der Waals surface area contributed by atoms with Crippen molar-refractivity contribution in [2.75, 3.05) is 13.2 Å². The topological polar surface area (TPSA) is 99.4 Å². The van der Waals surface area contributed by atoms with Crippen LogP contribution >= 0.6 is 11.6 Å². The summed E-state index contributed by atoms with van der Waals surface area (Å²) < 4.78 is 11.0. The third-order valence-electron chi connectivity index (χ3n) is 4.93. The summed E-state index contributed by atoms with van der Waals surface area (Å²) in [5, 5.41) is 40.0. The summed E-state index contributed by atoms with van der Waals surface area (Å²) in [6, 6.07) is 13.1. The van der Waals surface area contributed by atoms with Crippen LogP contribution in [-0.2, 0) is 11.2 Å². The molecule has 7 heteroatoms. The van der Waals surface area contributed by atoms with Gasteiger partial charge >= 0.3 is 0 Å². The molecule has 3 rings (SSSR count). The molecule has 0 radical (unpaired) electrons. The number of hydrogen-bond acceptors (Lipinski definition) is 6. The van der Waals surface area contributed by atoms with Gasteiger partial charge < -0.3 is 29.9 Å². The van der Waals surface area contributed by atoms with E-state index < -0.39 is 37.1 Å². The summed E-state index contributed by atoms with van der Waals surface area (Å²) in [7, 11) is 0. The van der Waals surface area contributed by atoms with Crippen LogP contribution in [0.1, 0.15) is 29.7 Å². The third-order valence-corrected chi connectivity index (χ3v) is 5.28. The van der Waals surface area contributed by atoms with Crippen LogP contribution in [0.3, 0.4) is 0 Å². The van der Waals surface area contributed by atoms with E-state index in [1.165, 1.54) is 0 Å². The second kappa shape index (κ2) is 9.22. The Morgan fingerprint density at radius 3 is 2.32 bits per heavy atom. The van der Waals surface area contributed by atoms with Gasteiger partial charge in [0.15, 0.2) is 0 Å². The highest BCUT2D eigenvalue weighted by Crippen LogP contribution is 2.34. The molecule has 0 bridgehead atoms. The monoisotopic (exact) mass is 408 g/mol. The molecule has 1 fully saturated rings. The van der Waals surface area contributed by atoms with Crippen LogP contribution in [-0.4, -0.2) is 58.1 Å². The Hall–Kier alpha value is -1.67. The van der Waals surface area contributed by atoms with E-state index in [1.54, 1.807) is 12.1 Å². The zero-order valence-corrected chi connectivity index (χ0v) is 16.3.